The monoisotopic (exact) mass is 864 g/mol. The van der Waals surface area contributed by atoms with E-state index in [0.717, 1.165) is 33.4 Å². The molecule has 5 atom stereocenters. The maximum atomic E-state index is 13.8. The molecule has 0 aromatic heterocycles. The van der Waals surface area contributed by atoms with Crippen LogP contribution in [0, 0.1) is 5.92 Å². The Morgan fingerprint density at radius 1 is 0.484 bits per heavy atom. The van der Waals surface area contributed by atoms with Gasteiger partial charge in [-0.3, -0.25) is 9.59 Å². The van der Waals surface area contributed by atoms with Crippen molar-refractivity contribution in [2.24, 2.45) is 5.92 Å². The van der Waals surface area contributed by atoms with Crippen molar-refractivity contribution in [2.45, 2.75) is 89.1 Å². The normalized spacial score (nSPS) is 19.5. The van der Waals surface area contributed by atoms with Crippen LogP contribution < -0.4 is 0 Å². The van der Waals surface area contributed by atoms with Gasteiger partial charge in [-0.25, -0.2) is 0 Å². The van der Waals surface area contributed by atoms with Gasteiger partial charge < -0.3 is 38.3 Å². The van der Waals surface area contributed by atoms with Gasteiger partial charge in [0, 0.05) is 6.42 Å². The van der Waals surface area contributed by atoms with Crippen molar-refractivity contribution in [1.29, 1.82) is 0 Å². The molecule has 0 saturated carbocycles. The maximum absolute atomic E-state index is 13.8. The van der Waals surface area contributed by atoms with Crippen LogP contribution in [0.25, 0.3) is 0 Å². The number of hydrogen-bond donors (Lipinski definition) is 1. The second-order valence-corrected chi connectivity index (χ2v) is 15.9. The predicted octanol–water partition coefficient (Wildman–Crippen LogP) is 9.32. The molecule has 10 nitrogen and oxygen atoms in total. The minimum atomic E-state index is -2.00. The Balaban J connectivity index is 1.17. The minimum absolute atomic E-state index is 0.00301. The summed E-state index contributed by atoms with van der Waals surface area (Å²) in [6, 6.07) is 57.6. The van der Waals surface area contributed by atoms with E-state index in [-0.39, 0.29) is 58.9 Å². The van der Waals surface area contributed by atoms with E-state index >= 15 is 0 Å². The summed E-state index contributed by atoms with van der Waals surface area (Å²) in [6.45, 7) is 0.873. The lowest BCUT2D eigenvalue weighted by Crippen LogP contribution is -2.67. The van der Waals surface area contributed by atoms with Gasteiger partial charge in [0.05, 0.1) is 33.0 Å². The van der Waals surface area contributed by atoms with Gasteiger partial charge in [0.25, 0.3) is 0 Å². The fraction of sp³-hybridized carbons (Fsp3) is 0.296. The first-order valence-corrected chi connectivity index (χ1v) is 21.8. The molecule has 0 aliphatic carbocycles. The molecule has 64 heavy (non-hydrogen) atoms. The van der Waals surface area contributed by atoms with Crippen molar-refractivity contribution in [3.8, 4) is 0 Å². The standard InChI is InChI=1S/C54H56O10/c55-52(62-38-45-28-15-5-16-29-45)47(53(56)63-39-46-30-17-6-18-31-46)32-19-33-54(57)51(61-37-44-26-13-4-14-27-44)50(60-36-43-24-11-3-12-25-43)49(59-35-42-22-9-2-10-23-42)48(64-54)40-58-34-41-20-7-1-8-21-41/h1-18,20-31,47-51,57H,19,32-40H2/t48-,49-,50+,51+,54?/m1/s1. The number of carbonyl (C=O) groups is 2. The molecule has 1 aliphatic rings. The lowest BCUT2D eigenvalue weighted by atomic mass is 9.87. The number of rotatable bonds is 23. The van der Waals surface area contributed by atoms with Crippen LogP contribution in [0.15, 0.2) is 182 Å². The number of aliphatic hydroxyl groups is 1. The van der Waals surface area contributed by atoms with Gasteiger partial charge in [0.1, 0.15) is 37.6 Å². The van der Waals surface area contributed by atoms with Gasteiger partial charge >= 0.3 is 11.9 Å². The minimum Gasteiger partial charge on any atom is -0.460 e. The van der Waals surface area contributed by atoms with Crippen molar-refractivity contribution in [3.05, 3.63) is 215 Å². The molecule has 0 amide bonds. The van der Waals surface area contributed by atoms with Crippen molar-refractivity contribution >= 4 is 11.9 Å². The Bertz CT molecular complexity index is 2190. The lowest BCUT2D eigenvalue weighted by Gasteiger charge is -2.50. The second-order valence-electron chi connectivity index (χ2n) is 15.9. The molecule has 1 saturated heterocycles. The number of carbonyl (C=O) groups excluding carboxylic acids is 2. The van der Waals surface area contributed by atoms with Gasteiger partial charge in [-0.15, -0.1) is 0 Å². The van der Waals surface area contributed by atoms with Gasteiger partial charge in [0.2, 0.25) is 0 Å². The zero-order valence-corrected chi connectivity index (χ0v) is 35.9. The molecule has 10 heteroatoms. The molecular formula is C54H56O10. The molecule has 0 spiro atoms. The summed E-state index contributed by atoms with van der Waals surface area (Å²) >= 11 is 0. The fourth-order valence-corrected chi connectivity index (χ4v) is 7.69. The summed E-state index contributed by atoms with van der Waals surface area (Å²) in [4.78, 5) is 27.5. The Hall–Kier alpha value is -5.98. The van der Waals surface area contributed by atoms with Crippen molar-refractivity contribution in [3.63, 3.8) is 0 Å². The SMILES string of the molecule is O=C(OCc1ccccc1)C(CCCC1(O)O[C@H](COCc2ccccc2)[C@@H](OCc2ccccc2)[C@H](OCc2ccccc2)[C@@H]1OCc1ccccc1)C(=O)OCc1ccccc1. The third-order valence-corrected chi connectivity index (χ3v) is 11.1. The molecule has 332 valence electrons. The molecule has 1 unspecified atom stereocenters. The summed E-state index contributed by atoms with van der Waals surface area (Å²) in [5.74, 6) is -4.72. The topological polar surface area (TPSA) is 119 Å². The number of ether oxygens (including phenoxy) is 7. The van der Waals surface area contributed by atoms with Gasteiger partial charge in [0.15, 0.2) is 11.7 Å². The van der Waals surface area contributed by atoms with E-state index < -0.39 is 48.1 Å². The van der Waals surface area contributed by atoms with Crippen LogP contribution in [0.2, 0.25) is 0 Å². The Kier molecular flexibility index (Phi) is 17.4. The highest BCUT2D eigenvalue weighted by atomic mass is 16.7. The molecule has 6 aromatic carbocycles. The summed E-state index contributed by atoms with van der Waals surface area (Å²) in [6.07, 6.45) is -3.49. The van der Waals surface area contributed by atoms with E-state index in [9.17, 15) is 14.7 Å². The highest BCUT2D eigenvalue weighted by Crippen LogP contribution is 2.39. The molecule has 1 aliphatic heterocycles. The van der Waals surface area contributed by atoms with Crippen LogP contribution in [-0.2, 0) is 82.4 Å². The van der Waals surface area contributed by atoms with E-state index in [1.165, 1.54) is 0 Å². The maximum Gasteiger partial charge on any atom is 0.320 e. The number of benzene rings is 6. The Labute approximate surface area is 375 Å². The molecule has 1 heterocycles. The van der Waals surface area contributed by atoms with Crippen LogP contribution in [0.4, 0.5) is 0 Å². The Morgan fingerprint density at radius 2 is 0.844 bits per heavy atom. The second kappa shape index (κ2) is 24.2. The lowest BCUT2D eigenvalue weighted by molar-refractivity contribution is -0.372. The molecule has 1 fully saturated rings. The zero-order chi connectivity index (χ0) is 44.2. The molecule has 1 N–H and O–H groups in total. The smallest absolute Gasteiger partial charge is 0.320 e. The van der Waals surface area contributed by atoms with Crippen LogP contribution in [0.5, 0.6) is 0 Å². The van der Waals surface area contributed by atoms with Gasteiger partial charge in [-0.2, -0.15) is 0 Å². The van der Waals surface area contributed by atoms with E-state index in [4.69, 9.17) is 33.2 Å². The average Bonchev–Trinajstić information content (AvgIpc) is 3.34. The van der Waals surface area contributed by atoms with E-state index in [0.29, 0.717) is 6.61 Å². The first-order chi connectivity index (χ1) is 31.4. The van der Waals surface area contributed by atoms with Crippen molar-refractivity contribution in [2.75, 3.05) is 6.61 Å². The van der Waals surface area contributed by atoms with E-state index in [1.54, 1.807) is 0 Å². The zero-order valence-electron chi connectivity index (χ0n) is 35.9. The predicted molar refractivity (Wildman–Crippen MR) is 241 cm³/mol. The van der Waals surface area contributed by atoms with E-state index in [1.807, 2.05) is 182 Å². The van der Waals surface area contributed by atoms with Crippen LogP contribution >= 0.6 is 0 Å². The summed E-state index contributed by atoms with van der Waals surface area (Å²) < 4.78 is 44.8. The first-order valence-electron chi connectivity index (χ1n) is 21.8. The fourth-order valence-electron chi connectivity index (χ4n) is 7.69. The van der Waals surface area contributed by atoms with Crippen LogP contribution in [0.3, 0.4) is 0 Å². The van der Waals surface area contributed by atoms with Crippen LogP contribution in [-0.4, -0.2) is 53.9 Å². The van der Waals surface area contributed by atoms with Crippen LogP contribution in [0.1, 0.15) is 52.6 Å². The molecule has 7 rings (SSSR count). The van der Waals surface area contributed by atoms with Crippen molar-refractivity contribution in [1.82, 2.24) is 0 Å². The molecule has 0 bridgehead atoms. The number of esters is 2. The third-order valence-electron chi connectivity index (χ3n) is 11.1. The molecule has 0 radical (unpaired) electrons. The Morgan fingerprint density at radius 3 is 1.27 bits per heavy atom. The number of hydrogen-bond acceptors (Lipinski definition) is 10. The first kappa shape index (κ1) is 46.0. The average molecular weight is 865 g/mol. The quantitative estimate of drug-likeness (QED) is 0.0493. The largest absolute Gasteiger partial charge is 0.460 e. The summed E-state index contributed by atoms with van der Waals surface area (Å²) in [5, 5.41) is 13.0. The highest BCUT2D eigenvalue weighted by Gasteiger charge is 2.56. The summed E-state index contributed by atoms with van der Waals surface area (Å²) in [5.41, 5.74) is 5.28. The molecular weight excluding hydrogens is 809 g/mol. The molecule has 6 aromatic rings. The van der Waals surface area contributed by atoms with Gasteiger partial charge in [-0.05, 0) is 46.2 Å². The van der Waals surface area contributed by atoms with Crippen molar-refractivity contribution < 1.29 is 47.9 Å². The third kappa shape index (κ3) is 13.8. The van der Waals surface area contributed by atoms with E-state index in [2.05, 4.69) is 0 Å². The van der Waals surface area contributed by atoms with Gasteiger partial charge in [-0.1, -0.05) is 182 Å². The summed E-state index contributed by atoms with van der Waals surface area (Å²) in [7, 11) is 0. The highest BCUT2D eigenvalue weighted by molar-refractivity contribution is 5.94.